The van der Waals surface area contributed by atoms with Crippen LogP contribution in [0.4, 0.5) is 0 Å². The van der Waals surface area contributed by atoms with Gasteiger partial charge in [-0.15, -0.1) is 0 Å². The zero-order chi connectivity index (χ0) is 29.0. The van der Waals surface area contributed by atoms with E-state index in [1.54, 1.807) is 0 Å². The number of benzene rings is 2. The second kappa shape index (κ2) is 10.6. The Morgan fingerprint density at radius 1 is 0.775 bits per heavy atom. The lowest BCUT2D eigenvalue weighted by atomic mass is 9.85. The topological polar surface area (TPSA) is 251 Å². The van der Waals surface area contributed by atoms with Gasteiger partial charge in [-0.3, -0.25) is 4.79 Å². The smallest absolute Gasteiger partial charge is 0.197 e. The Kier molecular flexibility index (Phi) is 7.47. The molecule has 2 fully saturated rings. The van der Waals surface area contributed by atoms with Crippen molar-refractivity contribution < 1.29 is 65.0 Å². The Bertz CT molecular complexity index is 1450. The standard InChI is InChI=1S/C26H28O14/c27-6-13-18(32)21(35)23(37)26(40-13)16-20(34)15(25-22(36)17(31)11(30)7-38-25)19(33)14-10(29)5-12(39-24(14)16)8-1-3-9(28)4-2-8/h1-5,11,13,17-18,21-23,25-28,30-37H,6-7H2/t11-,13+,17-,18+,21-,22+,23+,25-,26-/m1/s1. The fourth-order valence-corrected chi connectivity index (χ4v) is 5.11. The van der Waals surface area contributed by atoms with E-state index in [9.17, 15) is 55.9 Å². The number of rotatable bonds is 4. The lowest BCUT2D eigenvalue weighted by Gasteiger charge is -2.41. The Morgan fingerprint density at radius 3 is 2.08 bits per heavy atom. The number of aliphatic hydroxyl groups is 7. The number of fused-ring (bicyclic) bond motifs is 1. The predicted octanol–water partition coefficient (Wildman–Crippen LogP) is -1.75. The maximum Gasteiger partial charge on any atom is 0.197 e. The molecule has 9 atom stereocenters. The predicted molar refractivity (Wildman–Crippen MR) is 132 cm³/mol. The van der Waals surface area contributed by atoms with Gasteiger partial charge >= 0.3 is 0 Å². The minimum atomic E-state index is -1.96. The summed E-state index contributed by atoms with van der Waals surface area (Å²) in [7, 11) is 0. The third-order valence-corrected chi connectivity index (χ3v) is 7.31. The molecule has 10 N–H and O–H groups in total. The first kappa shape index (κ1) is 28.2. The highest BCUT2D eigenvalue weighted by Gasteiger charge is 2.48. The van der Waals surface area contributed by atoms with Crippen LogP contribution < -0.4 is 5.43 Å². The van der Waals surface area contributed by atoms with E-state index in [4.69, 9.17) is 13.9 Å². The molecule has 40 heavy (non-hydrogen) atoms. The molecule has 0 spiro atoms. The second-order valence-electron chi connectivity index (χ2n) is 9.80. The lowest BCUT2D eigenvalue weighted by Crippen LogP contribution is -2.55. The number of hydrogen-bond acceptors (Lipinski definition) is 14. The van der Waals surface area contributed by atoms with Gasteiger partial charge in [0.25, 0.3) is 0 Å². The van der Waals surface area contributed by atoms with E-state index in [1.807, 2.05) is 0 Å². The van der Waals surface area contributed by atoms with Crippen molar-refractivity contribution in [1.82, 2.24) is 0 Å². The summed E-state index contributed by atoms with van der Waals surface area (Å²) in [4.78, 5) is 13.4. The quantitative estimate of drug-likeness (QED) is 0.169. The third-order valence-electron chi connectivity index (χ3n) is 7.31. The molecule has 0 bridgehead atoms. The molecule has 2 saturated heterocycles. The van der Waals surface area contributed by atoms with Gasteiger partial charge in [-0.05, 0) is 24.3 Å². The number of aliphatic hydroxyl groups excluding tert-OH is 7. The van der Waals surface area contributed by atoms with Gasteiger partial charge < -0.3 is 65.0 Å². The third kappa shape index (κ3) is 4.49. The molecular weight excluding hydrogens is 536 g/mol. The van der Waals surface area contributed by atoms with Gasteiger partial charge in [0, 0.05) is 11.6 Å². The molecular formula is C26H28O14. The van der Waals surface area contributed by atoms with Crippen LogP contribution in [0, 0.1) is 0 Å². The first-order chi connectivity index (χ1) is 19.0. The van der Waals surface area contributed by atoms with Crippen molar-refractivity contribution in [2.75, 3.05) is 13.2 Å². The van der Waals surface area contributed by atoms with Gasteiger partial charge in [0.1, 0.15) is 83.3 Å². The SMILES string of the molecule is O=c1cc(-c2ccc(O)cc2)oc2c([C@H]3O[C@@H](CO)[C@H](O)[C@@H](O)[C@@H]3O)c(O)c([C@H]3OC[C@@H](O)[C@@H](O)[C@@H]3O)c(O)c12. The van der Waals surface area contributed by atoms with Crippen LogP contribution in [-0.4, -0.2) is 107 Å². The molecule has 14 heteroatoms. The summed E-state index contributed by atoms with van der Waals surface area (Å²) in [5.74, 6) is -2.00. The van der Waals surface area contributed by atoms with Crippen LogP contribution in [0.3, 0.4) is 0 Å². The van der Waals surface area contributed by atoms with Crippen molar-refractivity contribution >= 4 is 11.0 Å². The van der Waals surface area contributed by atoms with Crippen LogP contribution in [0.25, 0.3) is 22.3 Å². The van der Waals surface area contributed by atoms with E-state index in [0.717, 1.165) is 6.07 Å². The first-order valence-electron chi connectivity index (χ1n) is 12.3. The van der Waals surface area contributed by atoms with Gasteiger partial charge in [-0.25, -0.2) is 0 Å². The van der Waals surface area contributed by atoms with E-state index in [1.165, 1.54) is 24.3 Å². The number of hydrogen-bond donors (Lipinski definition) is 10. The second-order valence-corrected chi connectivity index (χ2v) is 9.80. The molecule has 2 aliphatic rings. The molecule has 5 rings (SSSR count). The summed E-state index contributed by atoms with van der Waals surface area (Å²) < 4.78 is 16.9. The number of phenolic OH excluding ortho intramolecular Hbond substituents is 3. The number of phenols is 3. The Balaban J connectivity index is 1.81. The van der Waals surface area contributed by atoms with Gasteiger partial charge in [0.2, 0.25) is 0 Å². The summed E-state index contributed by atoms with van der Waals surface area (Å²) in [6, 6.07) is 6.47. The summed E-state index contributed by atoms with van der Waals surface area (Å²) in [5, 5.41) is 104. The molecule has 0 aliphatic carbocycles. The zero-order valence-electron chi connectivity index (χ0n) is 20.6. The van der Waals surface area contributed by atoms with Crippen LogP contribution in [0.15, 0.2) is 39.5 Å². The van der Waals surface area contributed by atoms with E-state index in [-0.39, 0.29) is 11.5 Å². The highest BCUT2D eigenvalue weighted by atomic mass is 16.5. The van der Waals surface area contributed by atoms with Crippen LogP contribution in [0.1, 0.15) is 23.3 Å². The maximum absolute atomic E-state index is 13.4. The minimum absolute atomic E-state index is 0.0767. The lowest BCUT2D eigenvalue weighted by molar-refractivity contribution is -0.231. The van der Waals surface area contributed by atoms with Crippen LogP contribution >= 0.6 is 0 Å². The van der Waals surface area contributed by atoms with E-state index >= 15 is 0 Å². The molecule has 2 aliphatic heterocycles. The molecule has 0 radical (unpaired) electrons. The fraction of sp³-hybridized carbons (Fsp3) is 0.423. The highest BCUT2D eigenvalue weighted by Crippen LogP contribution is 2.50. The number of aromatic hydroxyl groups is 3. The van der Waals surface area contributed by atoms with Gasteiger partial charge in [-0.2, -0.15) is 0 Å². The normalized spacial score (nSPS) is 32.8. The molecule has 14 nitrogen and oxygen atoms in total. The Hall–Kier alpha value is -3.31. The molecule has 0 saturated carbocycles. The molecule has 216 valence electrons. The van der Waals surface area contributed by atoms with Crippen molar-refractivity contribution in [2.24, 2.45) is 0 Å². The molecule has 1 aromatic heterocycles. The maximum atomic E-state index is 13.4. The highest BCUT2D eigenvalue weighted by molar-refractivity contribution is 5.92. The van der Waals surface area contributed by atoms with E-state index < -0.39 is 107 Å². The van der Waals surface area contributed by atoms with Crippen molar-refractivity contribution in [2.45, 2.75) is 54.9 Å². The minimum Gasteiger partial charge on any atom is -0.508 e. The van der Waals surface area contributed by atoms with Gasteiger partial charge in [0.15, 0.2) is 11.0 Å². The molecule has 0 unspecified atom stereocenters. The summed E-state index contributed by atoms with van der Waals surface area (Å²) >= 11 is 0. The average Bonchev–Trinajstić information content (AvgIpc) is 2.92. The fourth-order valence-electron chi connectivity index (χ4n) is 5.11. The van der Waals surface area contributed by atoms with Crippen LogP contribution in [0.5, 0.6) is 17.2 Å². The Morgan fingerprint density at radius 2 is 1.43 bits per heavy atom. The average molecular weight is 564 g/mol. The van der Waals surface area contributed by atoms with Crippen molar-refractivity contribution in [3.05, 3.63) is 51.7 Å². The monoisotopic (exact) mass is 564 g/mol. The van der Waals surface area contributed by atoms with Crippen molar-refractivity contribution in [1.29, 1.82) is 0 Å². The molecule has 0 amide bonds. The van der Waals surface area contributed by atoms with Gasteiger partial charge in [-0.1, -0.05) is 0 Å². The molecule has 3 aromatic rings. The molecule has 3 heterocycles. The largest absolute Gasteiger partial charge is 0.508 e. The van der Waals surface area contributed by atoms with E-state index in [2.05, 4.69) is 0 Å². The zero-order valence-corrected chi connectivity index (χ0v) is 20.6. The van der Waals surface area contributed by atoms with Crippen molar-refractivity contribution in [3.63, 3.8) is 0 Å². The van der Waals surface area contributed by atoms with Crippen molar-refractivity contribution in [3.8, 4) is 28.6 Å². The van der Waals surface area contributed by atoms with E-state index in [0.29, 0.717) is 5.56 Å². The van der Waals surface area contributed by atoms with Crippen LogP contribution in [-0.2, 0) is 9.47 Å². The summed E-state index contributed by atoms with van der Waals surface area (Å²) in [6.45, 7) is -1.34. The number of ether oxygens (including phenoxy) is 2. The summed E-state index contributed by atoms with van der Waals surface area (Å²) in [6.07, 6.45) is -15.7. The first-order valence-corrected chi connectivity index (χ1v) is 12.3. The Labute approximate surface area is 224 Å². The van der Waals surface area contributed by atoms with Gasteiger partial charge in [0.05, 0.1) is 24.3 Å². The molecule has 2 aromatic carbocycles. The van der Waals surface area contributed by atoms with Crippen LogP contribution in [0.2, 0.25) is 0 Å². The summed E-state index contributed by atoms with van der Waals surface area (Å²) in [5.41, 5.74) is -2.19.